The first-order valence-corrected chi connectivity index (χ1v) is 9.62. The van der Waals surface area contributed by atoms with Crippen molar-refractivity contribution in [3.05, 3.63) is 30.1 Å². The molecule has 1 atom stereocenters. The van der Waals surface area contributed by atoms with Crippen molar-refractivity contribution in [2.75, 3.05) is 50.8 Å². The molecule has 0 saturated carbocycles. The van der Waals surface area contributed by atoms with Crippen LogP contribution in [0.2, 0.25) is 0 Å². The number of thioether (sulfide) groups is 1. The molecule has 0 aliphatic carbocycles. The van der Waals surface area contributed by atoms with E-state index in [4.69, 9.17) is 0 Å². The Morgan fingerprint density at radius 1 is 1.40 bits per heavy atom. The number of rotatable bonds is 8. The van der Waals surface area contributed by atoms with Crippen LogP contribution in [0.25, 0.3) is 0 Å². The molecular weight excluding hydrogens is 379 g/mol. The highest BCUT2D eigenvalue weighted by Crippen LogP contribution is 2.22. The predicted octanol–water partition coefficient (Wildman–Crippen LogP) is 2.47. The summed E-state index contributed by atoms with van der Waals surface area (Å²) >= 11 is 1.74. The van der Waals surface area contributed by atoms with Crippen LogP contribution in [0.15, 0.2) is 24.5 Å². The summed E-state index contributed by atoms with van der Waals surface area (Å²) in [6, 6.07) is 4.09. The van der Waals surface area contributed by atoms with Crippen LogP contribution in [-0.4, -0.2) is 71.5 Å². The molecule has 25 heavy (non-hydrogen) atoms. The Morgan fingerprint density at radius 3 is 2.80 bits per heavy atom. The number of carbonyl (C=O) groups is 1. The van der Waals surface area contributed by atoms with Gasteiger partial charge in [-0.25, -0.2) is 0 Å². The number of aromatic nitrogens is 1. The molecule has 1 unspecified atom stereocenters. The highest BCUT2D eigenvalue weighted by Gasteiger charge is 2.27. The van der Waals surface area contributed by atoms with Crippen molar-refractivity contribution >= 4 is 42.5 Å². The van der Waals surface area contributed by atoms with Crippen LogP contribution in [-0.2, 0) is 4.79 Å². The predicted molar refractivity (Wildman–Crippen MR) is 111 cm³/mol. The molecule has 2 heterocycles. The van der Waals surface area contributed by atoms with E-state index in [0.29, 0.717) is 5.75 Å². The number of amides is 1. The van der Waals surface area contributed by atoms with Crippen molar-refractivity contribution in [3.8, 4) is 0 Å². The van der Waals surface area contributed by atoms with E-state index in [1.807, 2.05) is 17.2 Å². The van der Waals surface area contributed by atoms with Crippen molar-refractivity contribution < 1.29 is 4.79 Å². The zero-order valence-corrected chi connectivity index (χ0v) is 17.5. The largest absolute Gasteiger partial charge is 0.332 e. The third-order valence-electron chi connectivity index (χ3n) is 4.30. The third kappa shape index (κ3) is 7.71. The number of nitrogens with zero attached hydrogens (tertiary/aromatic N) is 3. The van der Waals surface area contributed by atoms with Gasteiger partial charge in [-0.1, -0.05) is 19.9 Å². The van der Waals surface area contributed by atoms with E-state index in [0.717, 1.165) is 50.6 Å². The van der Waals surface area contributed by atoms with Gasteiger partial charge in [-0.05, 0) is 24.7 Å². The molecule has 8 heteroatoms. The highest BCUT2D eigenvalue weighted by atomic mass is 35.5. The summed E-state index contributed by atoms with van der Waals surface area (Å²) in [6.07, 6.45) is 3.64. The first-order chi connectivity index (χ1) is 11.3. The number of hydrogen-bond donors (Lipinski definition) is 1. The number of halogens is 2. The van der Waals surface area contributed by atoms with Gasteiger partial charge in [0.2, 0.25) is 5.91 Å². The van der Waals surface area contributed by atoms with E-state index in [-0.39, 0.29) is 36.8 Å². The highest BCUT2D eigenvalue weighted by molar-refractivity contribution is 7.99. The van der Waals surface area contributed by atoms with Gasteiger partial charge in [-0.3, -0.25) is 9.78 Å². The summed E-state index contributed by atoms with van der Waals surface area (Å²) in [5.41, 5.74) is 1.11. The molecule has 1 saturated heterocycles. The summed E-state index contributed by atoms with van der Waals surface area (Å²) in [5.74, 6) is 1.82. The minimum atomic E-state index is 0. The second kappa shape index (κ2) is 13.6. The van der Waals surface area contributed by atoms with Crippen LogP contribution in [0, 0.1) is 0 Å². The smallest absolute Gasteiger partial charge is 0.233 e. The quantitative estimate of drug-likeness (QED) is 0.669. The van der Waals surface area contributed by atoms with Crippen LogP contribution in [0.4, 0.5) is 0 Å². The van der Waals surface area contributed by atoms with Crippen LogP contribution >= 0.6 is 36.6 Å². The van der Waals surface area contributed by atoms with Crippen LogP contribution < -0.4 is 5.32 Å². The number of hydrogen-bond acceptors (Lipinski definition) is 5. The Balaban J connectivity index is 0.00000288. The molecule has 0 radical (unpaired) electrons. The summed E-state index contributed by atoms with van der Waals surface area (Å²) in [7, 11) is 0. The summed E-state index contributed by atoms with van der Waals surface area (Å²) in [4.78, 5) is 21.2. The number of pyridine rings is 1. The molecule has 0 aromatic carbocycles. The molecule has 1 amide bonds. The zero-order chi connectivity index (χ0) is 16.5. The minimum absolute atomic E-state index is 0. The summed E-state index contributed by atoms with van der Waals surface area (Å²) < 4.78 is 0. The van der Waals surface area contributed by atoms with Gasteiger partial charge in [-0.15, -0.1) is 24.8 Å². The van der Waals surface area contributed by atoms with Crippen molar-refractivity contribution in [1.82, 2.24) is 20.1 Å². The minimum Gasteiger partial charge on any atom is -0.332 e. The molecule has 1 aliphatic rings. The molecule has 1 fully saturated rings. The van der Waals surface area contributed by atoms with Crippen LogP contribution in [0.1, 0.15) is 25.5 Å². The van der Waals surface area contributed by atoms with Gasteiger partial charge in [0.25, 0.3) is 0 Å². The Morgan fingerprint density at radius 2 is 2.16 bits per heavy atom. The van der Waals surface area contributed by atoms with E-state index < -0.39 is 0 Å². The molecule has 5 nitrogen and oxygen atoms in total. The maximum atomic E-state index is 12.6. The SMILES string of the molecule is CCN(CC)CCSCC(=O)N1CCNCC1c1cccnc1.Cl.Cl. The lowest BCUT2D eigenvalue weighted by molar-refractivity contribution is -0.131. The van der Waals surface area contributed by atoms with E-state index in [2.05, 4.69) is 35.1 Å². The Kier molecular flexibility index (Phi) is 13.4. The van der Waals surface area contributed by atoms with Crippen molar-refractivity contribution in [2.24, 2.45) is 0 Å². The number of piperazine rings is 1. The molecule has 1 N–H and O–H groups in total. The maximum Gasteiger partial charge on any atom is 0.233 e. The molecular formula is C17H30Cl2N4OS. The van der Waals surface area contributed by atoms with Gasteiger partial charge in [0.1, 0.15) is 0 Å². The fourth-order valence-corrected chi connectivity index (χ4v) is 3.72. The fraction of sp³-hybridized carbons (Fsp3) is 0.647. The van der Waals surface area contributed by atoms with Crippen LogP contribution in [0.3, 0.4) is 0 Å². The van der Waals surface area contributed by atoms with Gasteiger partial charge >= 0.3 is 0 Å². The summed E-state index contributed by atoms with van der Waals surface area (Å²) in [6.45, 7) is 10.0. The first-order valence-electron chi connectivity index (χ1n) is 8.46. The van der Waals surface area contributed by atoms with Gasteiger partial charge in [0, 0.05) is 44.3 Å². The van der Waals surface area contributed by atoms with Gasteiger partial charge in [0.15, 0.2) is 0 Å². The standard InChI is InChI=1S/C17H28N4OS.2ClH/c1-3-20(4-2)10-11-23-14-17(22)21-9-8-19-13-16(21)15-6-5-7-18-12-15;;/h5-7,12,16,19H,3-4,8-11,13-14H2,1-2H3;2*1H. The van der Waals surface area contributed by atoms with E-state index >= 15 is 0 Å². The van der Waals surface area contributed by atoms with E-state index in [1.165, 1.54) is 0 Å². The van der Waals surface area contributed by atoms with E-state index in [1.54, 1.807) is 18.0 Å². The molecule has 2 rings (SSSR count). The number of nitrogens with one attached hydrogen (secondary N) is 1. The fourth-order valence-electron chi connectivity index (χ4n) is 2.85. The maximum absolute atomic E-state index is 12.6. The molecule has 1 aromatic heterocycles. The van der Waals surface area contributed by atoms with Crippen molar-refractivity contribution in [1.29, 1.82) is 0 Å². The Bertz CT molecular complexity index is 477. The topological polar surface area (TPSA) is 48.5 Å². The number of carbonyl (C=O) groups excluding carboxylic acids is 1. The van der Waals surface area contributed by atoms with E-state index in [9.17, 15) is 4.79 Å². The average molecular weight is 409 g/mol. The Labute approximate surface area is 168 Å². The normalized spacial score (nSPS) is 16.9. The van der Waals surface area contributed by atoms with Gasteiger partial charge in [-0.2, -0.15) is 11.8 Å². The van der Waals surface area contributed by atoms with Crippen molar-refractivity contribution in [2.45, 2.75) is 19.9 Å². The molecule has 0 spiro atoms. The lowest BCUT2D eigenvalue weighted by Gasteiger charge is -2.36. The monoisotopic (exact) mass is 408 g/mol. The Hall–Kier alpha value is -0.530. The summed E-state index contributed by atoms with van der Waals surface area (Å²) in [5, 5.41) is 3.38. The lowest BCUT2D eigenvalue weighted by atomic mass is 10.1. The molecule has 1 aliphatic heterocycles. The second-order valence-electron chi connectivity index (χ2n) is 5.67. The third-order valence-corrected chi connectivity index (χ3v) is 5.23. The molecule has 1 aromatic rings. The molecule has 144 valence electrons. The first kappa shape index (κ1) is 24.5. The van der Waals surface area contributed by atoms with Gasteiger partial charge < -0.3 is 15.1 Å². The second-order valence-corrected chi connectivity index (χ2v) is 6.78. The van der Waals surface area contributed by atoms with Crippen molar-refractivity contribution in [3.63, 3.8) is 0 Å². The lowest BCUT2D eigenvalue weighted by Crippen LogP contribution is -2.49. The molecule has 0 bridgehead atoms. The zero-order valence-electron chi connectivity index (χ0n) is 15.0. The van der Waals surface area contributed by atoms with Crippen LogP contribution in [0.5, 0.6) is 0 Å². The average Bonchev–Trinajstić information content (AvgIpc) is 2.62. The van der Waals surface area contributed by atoms with Gasteiger partial charge in [0.05, 0.1) is 11.8 Å².